The molecule has 0 aromatic heterocycles. The highest BCUT2D eigenvalue weighted by Crippen LogP contribution is 2.20. The Morgan fingerprint density at radius 3 is 1.66 bits per heavy atom. The summed E-state index contributed by atoms with van der Waals surface area (Å²) in [5, 5.41) is 21.2. The molecular weight excluding hydrogens is 709 g/mol. The number of carbonyl (C=O) groups excluding carboxylic acids is 4. The maximum absolute atomic E-state index is 14.4. The second-order valence-corrected chi connectivity index (χ2v) is 13.8. The normalized spacial score (nSPS) is 19.5. The number of nitrogens with one attached hydrogen (secondary N) is 4. The molecule has 0 radical (unpaired) electrons. The van der Waals surface area contributed by atoms with Crippen LogP contribution in [0.5, 0.6) is 5.75 Å². The molecule has 2 bridgehead atoms. The van der Waals surface area contributed by atoms with Crippen molar-refractivity contribution in [1.29, 1.82) is 0 Å². The molecule has 5 aromatic rings. The minimum atomic E-state index is -1.31. The van der Waals surface area contributed by atoms with Crippen LogP contribution in [0.1, 0.15) is 28.7 Å². The van der Waals surface area contributed by atoms with E-state index in [0.717, 1.165) is 27.8 Å². The van der Waals surface area contributed by atoms with Crippen molar-refractivity contribution in [1.82, 2.24) is 21.3 Å². The van der Waals surface area contributed by atoms with Gasteiger partial charge in [0.05, 0.1) is 0 Å². The van der Waals surface area contributed by atoms with Gasteiger partial charge in [0, 0.05) is 19.3 Å². The zero-order valence-corrected chi connectivity index (χ0v) is 30.7. The number of carboxylic acid groups (broad SMARTS) is 1. The van der Waals surface area contributed by atoms with Gasteiger partial charge in [-0.05, 0) is 58.4 Å². The van der Waals surface area contributed by atoms with Crippen molar-refractivity contribution in [3.8, 4) is 16.9 Å². The van der Waals surface area contributed by atoms with Gasteiger partial charge in [0.15, 0.2) is 6.61 Å². The minimum absolute atomic E-state index is 0.0417. The minimum Gasteiger partial charge on any atom is -0.484 e. The van der Waals surface area contributed by atoms with Gasteiger partial charge in [0.1, 0.15) is 29.9 Å². The summed E-state index contributed by atoms with van der Waals surface area (Å²) in [7, 11) is 0. The summed E-state index contributed by atoms with van der Waals surface area (Å²) in [4.78, 5) is 68.1. The van der Waals surface area contributed by atoms with E-state index in [0.29, 0.717) is 17.7 Å². The molecule has 0 fully saturated rings. The van der Waals surface area contributed by atoms with Crippen molar-refractivity contribution in [3.63, 3.8) is 0 Å². The number of rotatable bonds is 9. The van der Waals surface area contributed by atoms with E-state index in [-0.39, 0.29) is 25.7 Å². The molecule has 2 heterocycles. The van der Waals surface area contributed by atoms with Crippen molar-refractivity contribution in [2.24, 2.45) is 0 Å². The molecule has 0 unspecified atom stereocenters. The molecule has 5 aromatic carbocycles. The fraction of sp³-hybridized carbons (Fsp3) is 0.222. The molecule has 0 aliphatic carbocycles. The molecule has 11 nitrogen and oxygen atoms in total. The van der Waals surface area contributed by atoms with E-state index in [1.54, 1.807) is 24.3 Å². The van der Waals surface area contributed by atoms with Gasteiger partial charge in [0.2, 0.25) is 17.7 Å². The van der Waals surface area contributed by atoms with E-state index in [4.69, 9.17) is 4.74 Å². The second kappa shape index (κ2) is 19.0. The number of amides is 4. The van der Waals surface area contributed by atoms with E-state index >= 15 is 0 Å². The molecule has 286 valence electrons. The lowest BCUT2D eigenvalue weighted by Gasteiger charge is -2.26. The molecule has 0 spiro atoms. The average molecular weight is 753 g/mol. The Hall–Kier alpha value is -6.75. The van der Waals surface area contributed by atoms with E-state index < -0.39 is 60.4 Å². The van der Waals surface area contributed by atoms with Crippen LogP contribution in [-0.2, 0) is 49.7 Å². The molecule has 11 heteroatoms. The zero-order valence-electron chi connectivity index (χ0n) is 30.7. The Morgan fingerprint density at radius 2 is 1.05 bits per heavy atom. The molecule has 4 amide bonds. The summed E-state index contributed by atoms with van der Waals surface area (Å²) >= 11 is 0. The highest BCUT2D eigenvalue weighted by atomic mass is 16.5. The molecule has 2 aliphatic rings. The van der Waals surface area contributed by atoms with Crippen LogP contribution in [0.2, 0.25) is 0 Å². The maximum Gasteiger partial charge on any atom is 0.326 e. The SMILES string of the molecule is O=C1COc2ccc(cc2)C[C@@H](C(=O)O)NC(=O)[C@H](CCc2ccccc2)NC(=O)[C@@H](Cc2ccc(-c3ccccc3)cc2)NC(=O)[C@H](Cc2ccccc2)N1. The fourth-order valence-corrected chi connectivity index (χ4v) is 6.55. The van der Waals surface area contributed by atoms with Crippen molar-refractivity contribution in [2.75, 3.05) is 6.61 Å². The van der Waals surface area contributed by atoms with Gasteiger partial charge in [-0.3, -0.25) is 19.2 Å². The van der Waals surface area contributed by atoms with E-state index in [1.807, 2.05) is 115 Å². The number of aryl methyl sites for hydroxylation is 1. The van der Waals surface area contributed by atoms with Gasteiger partial charge >= 0.3 is 5.97 Å². The van der Waals surface area contributed by atoms with Crippen molar-refractivity contribution in [3.05, 3.63) is 162 Å². The smallest absolute Gasteiger partial charge is 0.326 e. The van der Waals surface area contributed by atoms with Gasteiger partial charge in [-0.15, -0.1) is 0 Å². The lowest BCUT2D eigenvalue weighted by Crippen LogP contribution is -2.59. The molecule has 0 saturated heterocycles. The third-order valence-corrected chi connectivity index (χ3v) is 9.61. The van der Waals surface area contributed by atoms with E-state index in [9.17, 15) is 29.1 Å². The number of carbonyl (C=O) groups is 5. The highest BCUT2D eigenvalue weighted by molar-refractivity contribution is 5.95. The molecular formula is C45H44N4O7. The van der Waals surface area contributed by atoms with Gasteiger partial charge < -0.3 is 31.1 Å². The molecule has 56 heavy (non-hydrogen) atoms. The van der Waals surface area contributed by atoms with Crippen LogP contribution in [0.25, 0.3) is 11.1 Å². The largest absolute Gasteiger partial charge is 0.484 e. The number of hydrogen-bond acceptors (Lipinski definition) is 6. The number of benzene rings is 5. The zero-order chi connectivity index (χ0) is 39.3. The fourth-order valence-electron chi connectivity index (χ4n) is 6.55. The Morgan fingerprint density at radius 1 is 0.554 bits per heavy atom. The molecule has 5 N–H and O–H groups in total. The summed E-state index contributed by atoms with van der Waals surface area (Å²) in [6, 6.07) is 37.8. The van der Waals surface area contributed by atoms with Crippen LogP contribution in [0.15, 0.2) is 140 Å². The third kappa shape index (κ3) is 11.1. The van der Waals surface area contributed by atoms with Crippen LogP contribution in [-0.4, -0.2) is 65.5 Å². The summed E-state index contributed by atoms with van der Waals surface area (Å²) in [6.45, 7) is -0.396. The Bertz CT molecular complexity index is 2090. The van der Waals surface area contributed by atoms with Gasteiger partial charge in [-0.25, -0.2) is 4.79 Å². The summed E-state index contributed by atoms with van der Waals surface area (Å²) < 4.78 is 5.70. The lowest BCUT2D eigenvalue weighted by molar-refractivity contribution is -0.142. The molecule has 4 atom stereocenters. The monoisotopic (exact) mass is 752 g/mol. The number of ether oxygens (including phenoxy) is 1. The maximum atomic E-state index is 14.4. The van der Waals surface area contributed by atoms with Crippen LogP contribution in [0.3, 0.4) is 0 Å². The number of aliphatic carboxylic acids is 1. The second-order valence-electron chi connectivity index (χ2n) is 13.8. The van der Waals surface area contributed by atoms with Gasteiger partial charge in [0.25, 0.3) is 5.91 Å². The number of hydrogen-bond donors (Lipinski definition) is 5. The van der Waals surface area contributed by atoms with Crippen LogP contribution in [0.4, 0.5) is 0 Å². The first-order valence-corrected chi connectivity index (χ1v) is 18.6. The highest BCUT2D eigenvalue weighted by Gasteiger charge is 2.32. The topological polar surface area (TPSA) is 163 Å². The van der Waals surface area contributed by atoms with E-state index in [2.05, 4.69) is 21.3 Å². The molecule has 2 aliphatic heterocycles. The predicted molar refractivity (Wildman–Crippen MR) is 211 cm³/mol. The molecule has 7 rings (SSSR count). The standard InChI is InChI=1S/C45H44N4O7/c50-41-29-56-36-23-18-33(19-24-36)28-40(45(54)55)49-42(51)37(25-20-30-10-4-1-5-11-30)47-44(53)39(48-43(52)38(46-41)26-31-12-6-2-7-13-31)27-32-16-21-35(22-17-32)34-14-8-3-9-15-34/h1-19,21-24,37-40H,20,25-29H2,(H,46,50)(H,47,53)(H,48,52)(H,49,51)(H,54,55)/t37-,38-,39+,40-/m0/s1. The quantitative estimate of drug-likeness (QED) is 0.139. The Labute approximate surface area is 325 Å². The van der Waals surface area contributed by atoms with Crippen LogP contribution < -0.4 is 26.0 Å². The predicted octanol–water partition coefficient (Wildman–Crippen LogP) is 4.43. The van der Waals surface area contributed by atoms with Crippen LogP contribution in [0, 0.1) is 0 Å². The number of fused-ring (bicyclic) bond motifs is 16. The van der Waals surface area contributed by atoms with Gasteiger partial charge in [-0.2, -0.15) is 0 Å². The lowest BCUT2D eigenvalue weighted by atomic mass is 9.98. The third-order valence-electron chi connectivity index (χ3n) is 9.61. The average Bonchev–Trinajstić information content (AvgIpc) is 3.22. The van der Waals surface area contributed by atoms with E-state index in [1.165, 1.54) is 0 Å². The Kier molecular flexibility index (Phi) is 13.2. The van der Waals surface area contributed by atoms with Crippen LogP contribution >= 0.6 is 0 Å². The Balaban J connectivity index is 1.33. The first-order valence-electron chi connectivity index (χ1n) is 18.6. The summed E-state index contributed by atoms with van der Waals surface area (Å²) in [5.74, 6) is -3.37. The van der Waals surface area contributed by atoms with Crippen molar-refractivity contribution >= 4 is 29.6 Å². The van der Waals surface area contributed by atoms with Crippen molar-refractivity contribution in [2.45, 2.75) is 56.3 Å². The van der Waals surface area contributed by atoms with Crippen molar-refractivity contribution < 1.29 is 33.8 Å². The number of carboxylic acids is 1. The summed E-state index contributed by atoms with van der Waals surface area (Å²) in [6.07, 6.45) is 0.701. The van der Waals surface area contributed by atoms with Gasteiger partial charge in [-0.1, -0.05) is 127 Å². The first-order chi connectivity index (χ1) is 27.2. The summed E-state index contributed by atoms with van der Waals surface area (Å²) in [5.41, 5.74) is 5.03. The molecule has 0 saturated carbocycles. The first kappa shape index (κ1) is 39.0.